The van der Waals surface area contributed by atoms with Crippen molar-refractivity contribution in [3.63, 3.8) is 0 Å². The molecule has 2 saturated heterocycles. The van der Waals surface area contributed by atoms with Gasteiger partial charge in [0.2, 0.25) is 5.91 Å². The summed E-state index contributed by atoms with van der Waals surface area (Å²) >= 11 is 1.93. The van der Waals surface area contributed by atoms with Gasteiger partial charge in [-0.05, 0) is 18.6 Å². The molecule has 0 aromatic carbocycles. The SMILES string of the molecule is O=C([C@@H]1C[C@H](NCc2ccccn2)CN1)N1CCSCC1. The highest BCUT2D eigenvalue weighted by Gasteiger charge is 2.32. The van der Waals surface area contributed by atoms with Crippen LogP contribution < -0.4 is 10.6 Å². The number of thioether (sulfide) groups is 1. The quantitative estimate of drug-likeness (QED) is 0.847. The summed E-state index contributed by atoms with van der Waals surface area (Å²) in [6, 6.07) is 6.27. The zero-order valence-corrected chi connectivity index (χ0v) is 12.9. The number of amides is 1. The highest BCUT2D eigenvalue weighted by atomic mass is 32.2. The van der Waals surface area contributed by atoms with Gasteiger partial charge in [-0.25, -0.2) is 0 Å². The normalized spacial score (nSPS) is 26.0. The van der Waals surface area contributed by atoms with E-state index >= 15 is 0 Å². The lowest BCUT2D eigenvalue weighted by atomic mass is 10.1. The molecule has 0 aliphatic carbocycles. The first-order chi connectivity index (χ1) is 10.3. The number of carbonyl (C=O) groups is 1. The maximum absolute atomic E-state index is 12.4. The fourth-order valence-corrected chi connectivity index (χ4v) is 3.74. The topological polar surface area (TPSA) is 57.3 Å². The molecule has 3 rings (SSSR count). The van der Waals surface area contributed by atoms with Gasteiger partial charge in [-0.15, -0.1) is 0 Å². The first-order valence-electron chi connectivity index (χ1n) is 7.56. The molecule has 2 fully saturated rings. The van der Waals surface area contributed by atoms with Crippen molar-refractivity contribution in [3.05, 3.63) is 30.1 Å². The molecule has 0 unspecified atom stereocenters. The van der Waals surface area contributed by atoms with Crippen LogP contribution in [-0.4, -0.2) is 59.0 Å². The Bertz CT molecular complexity index is 464. The predicted molar refractivity (Wildman–Crippen MR) is 85.2 cm³/mol. The van der Waals surface area contributed by atoms with Gasteiger partial charge >= 0.3 is 0 Å². The molecule has 2 aliphatic heterocycles. The first kappa shape index (κ1) is 14.8. The van der Waals surface area contributed by atoms with E-state index in [1.54, 1.807) is 0 Å². The molecular weight excluding hydrogens is 284 g/mol. The summed E-state index contributed by atoms with van der Waals surface area (Å²) in [7, 11) is 0. The van der Waals surface area contributed by atoms with Gasteiger partial charge in [0.25, 0.3) is 0 Å². The van der Waals surface area contributed by atoms with Gasteiger partial charge in [-0.3, -0.25) is 9.78 Å². The fourth-order valence-electron chi connectivity index (χ4n) is 2.84. The maximum Gasteiger partial charge on any atom is 0.239 e. The van der Waals surface area contributed by atoms with Crippen LogP contribution >= 0.6 is 11.8 Å². The number of carbonyl (C=O) groups excluding carboxylic acids is 1. The summed E-state index contributed by atoms with van der Waals surface area (Å²) in [6.45, 7) is 3.40. The Balaban J connectivity index is 1.45. The lowest BCUT2D eigenvalue weighted by molar-refractivity contribution is -0.132. The summed E-state index contributed by atoms with van der Waals surface area (Å²) < 4.78 is 0. The zero-order valence-electron chi connectivity index (χ0n) is 12.1. The van der Waals surface area contributed by atoms with Crippen LogP contribution in [0, 0.1) is 0 Å². The molecule has 0 spiro atoms. The Labute approximate surface area is 129 Å². The van der Waals surface area contributed by atoms with Crippen molar-refractivity contribution < 1.29 is 4.79 Å². The minimum atomic E-state index is -0.0191. The van der Waals surface area contributed by atoms with Crippen molar-refractivity contribution in [2.45, 2.75) is 25.0 Å². The van der Waals surface area contributed by atoms with E-state index in [0.717, 1.165) is 49.8 Å². The predicted octanol–water partition coefficient (Wildman–Crippen LogP) is 0.477. The van der Waals surface area contributed by atoms with Crippen LogP contribution in [0.1, 0.15) is 12.1 Å². The molecule has 6 heteroatoms. The minimum Gasteiger partial charge on any atom is -0.340 e. The van der Waals surface area contributed by atoms with Crippen LogP contribution in [0.25, 0.3) is 0 Å². The minimum absolute atomic E-state index is 0.0191. The molecule has 2 N–H and O–H groups in total. The number of pyridine rings is 1. The third-order valence-corrected chi connectivity index (χ3v) is 4.99. The van der Waals surface area contributed by atoms with Crippen LogP contribution in [0.5, 0.6) is 0 Å². The van der Waals surface area contributed by atoms with Crippen molar-refractivity contribution in [1.29, 1.82) is 0 Å². The van der Waals surface area contributed by atoms with Crippen molar-refractivity contribution in [2.75, 3.05) is 31.1 Å². The summed E-state index contributed by atoms with van der Waals surface area (Å²) in [5.74, 6) is 2.41. The van der Waals surface area contributed by atoms with Gasteiger partial charge in [0.15, 0.2) is 0 Å². The standard InChI is InChI=1S/C15H22N4OS/c20-15(19-5-7-21-8-6-19)14-9-13(11-18-14)17-10-12-3-1-2-4-16-12/h1-4,13-14,17-18H,5-11H2/t13-,14-/m0/s1. The van der Waals surface area contributed by atoms with Crippen LogP contribution in [0.3, 0.4) is 0 Å². The number of nitrogens with one attached hydrogen (secondary N) is 2. The lowest BCUT2D eigenvalue weighted by Gasteiger charge is -2.28. The van der Waals surface area contributed by atoms with Crippen LogP contribution in [0.2, 0.25) is 0 Å². The average molecular weight is 306 g/mol. The molecule has 114 valence electrons. The summed E-state index contributed by atoms with van der Waals surface area (Å²) in [6.07, 6.45) is 2.68. The molecule has 1 aromatic heterocycles. The molecule has 1 amide bonds. The van der Waals surface area contributed by atoms with Crippen LogP contribution in [0.4, 0.5) is 0 Å². The van der Waals surface area contributed by atoms with E-state index in [2.05, 4.69) is 15.6 Å². The molecule has 3 heterocycles. The number of rotatable bonds is 4. The van der Waals surface area contributed by atoms with E-state index in [-0.39, 0.29) is 11.9 Å². The Hall–Kier alpha value is -1.11. The average Bonchev–Trinajstić information content (AvgIpc) is 3.03. The van der Waals surface area contributed by atoms with Gasteiger partial charge in [0, 0.05) is 49.9 Å². The van der Waals surface area contributed by atoms with Crippen molar-refractivity contribution in [3.8, 4) is 0 Å². The highest BCUT2D eigenvalue weighted by Crippen LogP contribution is 2.15. The second kappa shape index (κ2) is 7.24. The first-order valence-corrected chi connectivity index (χ1v) is 8.71. The van der Waals surface area contributed by atoms with Gasteiger partial charge in [-0.2, -0.15) is 11.8 Å². The smallest absolute Gasteiger partial charge is 0.239 e. The van der Waals surface area contributed by atoms with Crippen LogP contribution in [0.15, 0.2) is 24.4 Å². The second-order valence-electron chi connectivity index (χ2n) is 5.53. The Morgan fingerprint density at radius 1 is 1.43 bits per heavy atom. The van der Waals surface area contributed by atoms with Crippen molar-refractivity contribution in [1.82, 2.24) is 20.5 Å². The molecule has 2 atom stereocenters. The van der Waals surface area contributed by atoms with Gasteiger partial charge in [0.05, 0.1) is 11.7 Å². The molecular formula is C15H22N4OS. The monoisotopic (exact) mass is 306 g/mol. The number of nitrogens with zero attached hydrogens (tertiary/aromatic N) is 2. The highest BCUT2D eigenvalue weighted by molar-refractivity contribution is 7.99. The lowest BCUT2D eigenvalue weighted by Crippen LogP contribution is -2.46. The number of aromatic nitrogens is 1. The number of hydrogen-bond acceptors (Lipinski definition) is 5. The third kappa shape index (κ3) is 3.96. The Morgan fingerprint density at radius 3 is 3.05 bits per heavy atom. The van der Waals surface area contributed by atoms with E-state index in [1.165, 1.54) is 0 Å². The Morgan fingerprint density at radius 2 is 2.29 bits per heavy atom. The van der Waals surface area contributed by atoms with E-state index in [4.69, 9.17) is 0 Å². The molecule has 2 aliphatic rings. The molecule has 0 radical (unpaired) electrons. The molecule has 0 bridgehead atoms. The molecule has 0 saturated carbocycles. The molecule has 5 nitrogen and oxygen atoms in total. The maximum atomic E-state index is 12.4. The summed E-state index contributed by atoms with van der Waals surface area (Å²) in [4.78, 5) is 18.8. The second-order valence-corrected chi connectivity index (χ2v) is 6.76. The third-order valence-electron chi connectivity index (χ3n) is 4.05. The summed E-state index contributed by atoms with van der Waals surface area (Å²) in [5.41, 5.74) is 1.04. The molecule has 1 aromatic rings. The largest absolute Gasteiger partial charge is 0.340 e. The van der Waals surface area contributed by atoms with Gasteiger partial charge < -0.3 is 15.5 Å². The van der Waals surface area contributed by atoms with Crippen molar-refractivity contribution in [2.24, 2.45) is 0 Å². The Kier molecular flexibility index (Phi) is 5.11. The van der Waals surface area contributed by atoms with E-state index in [9.17, 15) is 4.79 Å². The van der Waals surface area contributed by atoms with Gasteiger partial charge in [-0.1, -0.05) is 6.07 Å². The number of hydrogen-bond donors (Lipinski definition) is 2. The van der Waals surface area contributed by atoms with E-state index < -0.39 is 0 Å². The fraction of sp³-hybridized carbons (Fsp3) is 0.600. The zero-order chi connectivity index (χ0) is 14.5. The van der Waals surface area contributed by atoms with Crippen molar-refractivity contribution >= 4 is 17.7 Å². The van der Waals surface area contributed by atoms with Gasteiger partial charge in [0.1, 0.15) is 0 Å². The molecule has 21 heavy (non-hydrogen) atoms. The van der Waals surface area contributed by atoms with Crippen LogP contribution in [-0.2, 0) is 11.3 Å². The van der Waals surface area contributed by atoms with E-state index in [1.807, 2.05) is 41.1 Å². The van der Waals surface area contributed by atoms with E-state index in [0.29, 0.717) is 6.04 Å². The summed E-state index contributed by atoms with van der Waals surface area (Å²) in [5, 5.41) is 6.84.